The van der Waals surface area contributed by atoms with Crippen molar-refractivity contribution in [3.8, 4) is 0 Å². The molecule has 0 spiro atoms. The third-order valence-corrected chi connectivity index (χ3v) is 7.45. The minimum absolute atomic E-state index is 0.300. The van der Waals surface area contributed by atoms with E-state index in [0.29, 0.717) is 18.8 Å². The molecule has 0 aliphatic heterocycles. The maximum Gasteiger partial charge on any atom is 0.332 e. The Labute approximate surface area is 307 Å². The average Bonchev–Trinajstić information content (AvgIpc) is 3.10. The number of hydrogen-bond donors (Lipinski definition) is 1. The van der Waals surface area contributed by atoms with Crippen molar-refractivity contribution in [3.63, 3.8) is 0 Å². The van der Waals surface area contributed by atoms with Gasteiger partial charge in [0.15, 0.2) is 0 Å². The summed E-state index contributed by atoms with van der Waals surface area (Å²) in [6.07, 6.45) is 32.3. The van der Waals surface area contributed by atoms with Crippen LogP contribution in [0.2, 0.25) is 0 Å². The number of carboxylic acid groups (broad SMARTS) is 1. The third-order valence-electron chi connectivity index (χ3n) is 7.45. The molecular formula is C42H76O8. The van der Waals surface area contributed by atoms with E-state index in [9.17, 15) is 19.2 Å². The SMILES string of the molecule is C=C(C)C(=O)OC.C=CC(=O)O.C=CC(=O)OCCCCCCCC(C)C.C=CC(=O)OCCCCCCCCCCCCCCCCCC. The van der Waals surface area contributed by atoms with Crippen LogP contribution >= 0.6 is 0 Å². The first-order chi connectivity index (χ1) is 23.9. The van der Waals surface area contributed by atoms with Gasteiger partial charge in [-0.15, -0.1) is 0 Å². The van der Waals surface area contributed by atoms with Gasteiger partial charge in [0.05, 0.1) is 20.3 Å². The Morgan fingerprint density at radius 1 is 0.580 bits per heavy atom. The highest BCUT2D eigenvalue weighted by Gasteiger charge is 1.98. The second-order valence-corrected chi connectivity index (χ2v) is 12.8. The van der Waals surface area contributed by atoms with Crippen LogP contribution in [0.3, 0.4) is 0 Å². The minimum atomic E-state index is -0.981. The molecule has 0 radical (unpaired) electrons. The Bertz CT molecular complexity index is 847. The van der Waals surface area contributed by atoms with Crippen molar-refractivity contribution in [1.82, 2.24) is 0 Å². The van der Waals surface area contributed by atoms with Gasteiger partial charge in [-0.2, -0.15) is 0 Å². The molecule has 0 aromatic rings. The summed E-state index contributed by atoms with van der Waals surface area (Å²) in [5, 5.41) is 7.60. The number of carbonyl (C=O) groups is 4. The highest BCUT2D eigenvalue weighted by Crippen LogP contribution is 2.14. The van der Waals surface area contributed by atoms with Gasteiger partial charge in [0.2, 0.25) is 0 Å². The molecule has 0 aromatic heterocycles. The van der Waals surface area contributed by atoms with Crippen LogP contribution in [0.1, 0.15) is 169 Å². The normalized spacial score (nSPS) is 9.72. The van der Waals surface area contributed by atoms with Crippen molar-refractivity contribution < 1.29 is 38.5 Å². The fraction of sp³-hybridized carbons (Fsp3) is 0.714. The number of aliphatic carboxylic acids is 1. The summed E-state index contributed by atoms with van der Waals surface area (Å²) in [5.41, 5.74) is 0.433. The molecule has 0 saturated carbocycles. The largest absolute Gasteiger partial charge is 0.478 e. The summed E-state index contributed by atoms with van der Waals surface area (Å²) >= 11 is 0. The smallest absolute Gasteiger partial charge is 0.332 e. The van der Waals surface area contributed by atoms with E-state index in [1.54, 1.807) is 6.92 Å². The summed E-state index contributed by atoms with van der Waals surface area (Å²) in [7, 11) is 1.33. The molecule has 1 N–H and O–H groups in total. The number of methoxy groups -OCH3 is 1. The van der Waals surface area contributed by atoms with E-state index in [-0.39, 0.29) is 17.9 Å². The van der Waals surface area contributed by atoms with Crippen molar-refractivity contribution >= 4 is 23.9 Å². The molecule has 0 aliphatic rings. The van der Waals surface area contributed by atoms with Crippen molar-refractivity contribution in [2.75, 3.05) is 20.3 Å². The molecule has 0 amide bonds. The molecule has 0 bridgehead atoms. The zero-order chi connectivity index (χ0) is 38.7. The van der Waals surface area contributed by atoms with Crippen molar-refractivity contribution in [2.24, 2.45) is 5.92 Å². The highest BCUT2D eigenvalue weighted by molar-refractivity contribution is 5.86. The van der Waals surface area contributed by atoms with Gasteiger partial charge in [-0.3, -0.25) is 0 Å². The Morgan fingerprint density at radius 3 is 1.10 bits per heavy atom. The zero-order valence-corrected chi connectivity index (χ0v) is 32.9. The molecule has 0 aromatic carbocycles. The van der Waals surface area contributed by atoms with Crippen molar-refractivity contribution in [1.29, 1.82) is 0 Å². The van der Waals surface area contributed by atoms with Gasteiger partial charge in [-0.1, -0.05) is 176 Å². The van der Waals surface area contributed by atoms with Crippen LogP contribution in [0, 0.1) is 5.92 Å². The summed E-state index contributed by atoms with van der Waals surface area (Å²) in [5.74, 6) is -1.12. The first kappa shape index (κ1) is 53.6. The fourth-order valence-electron chi connectivity index (χ4n) is 4.47. The molecule has 8 heteroatoms. The Balaban J connectivity index is -0.000000332. The second-order valence-electron chi connectivity index (χ2n) is 12.8. The van der Waals surface area contributed by atoms with Crippen LogP contribution in [-0.2, 0) is 33.4 Å². The molecular weight excluding hydrogens is 632 g/mol. The Morgan fingerprint density at radius 2 is 0.880 bits per heavy atom. The molecule has 0 atom stereocenters. The van der Waals surface area contributed by atoms with E-state index >= 15 is 0 Å². The van der Waals surface area contributed by atoms with Crippen molar-refractivity contribution in [3.05, 3.63) is 50.1 Å². The predicted molar refractivity (Wildman–Crippen MR) is 209 cm³/mol. The highest BCUT2D eigenvalue weighted by atomic mass is 16.5. The molecule has 0 unspecified atom stereocenters. The van der Waals surface area contributed by atoms with Crippen molar-refractivity contribution in [2.45, 2.75) is 169 Å². The number of hydrogen-bond acceptors (Lipinski definition) is 7. The molecule has 0 fully saturated rings. The van der Waals surface area contributed by atoms with Crippen LogP contribution in [0.15, 0.2) is 50.1 Å². The molecule has 0 aliphatic carbocycles. The van der Waals surface area contributed by atoms with E-state index in [0.717, 1.165) is 31.3 Å². The summed E-state index contributed by atoms with van der Waals surface area (Å²) in [6.45, 7) is 22.5. The number of ether oxygens (including phenoxy) is 3. The van der Waals surface area contributed by atoms with Gasteiger partial charge in [-0.05, 0) is 25.7 Å². The zero-order valence-electron chi connectivity index (χ0n) is 32.9. The lowest BCUT2D eigenvalue weighted by Crippen LogP contribution is -2.01. The van der Waals surface area contributed by atoms with E-state index in [1.165, 1.54) is 141 Å². The summed E-state index contributed by atoms with van der Waals surface area (Å²) in [6, 6.07) is 0. The van der Waals surface area contributed by atoms with Crippen LogP contribution in [-0.4, -0.2) is 49.3 Å². The van der Waals surface area contributed by atoms with Crippen LogP contribution in [0.4, 0.5) is 0 Å². The molecule has 0 saturated heterocycles. The predicted octanol–water partition coefficient (Wildman–Crippen LogP) is 11.7. The van der Waals surface area contributed by atoms with E-state index < -0.39 is 5.97 Å². The number of rotatable bonds is 29. The Hall–Kier alpha value is -3.16. The van der Waals surface area contributed by atoms with Gasteiger partial charge in [0, 0.05) is 23.8 Å². The van der Waals surface area contributed by atoms with Gasteiger partial charge in [-0.25, -0.2) is 19.2 Å². The monoisotopic (exact) mass is 709 g/mol. The second kappa shape index (κ2) is 45.8. The fourth-order valence-corrected chi connectivity index (χ4v) is 4.47. The lowest BCUT2D eigenvalue weighted by atomic mass is 10.0. The average molecular weight is 709 g/mol. The third kappa shape index (κ3) is 57.1. The van der Waals surface area contributed by atoms with Crippen LogP contribution < -0.4 is 0 Å². The van der Waals surface area contributed by atoms with Gasteiger partial charge < -0.3 is 19.3 Å². The Kier molecular flexibility index (Phi) is 49.2. The summed E-state index contributed by atoms with van der Waals surface area (Å²) in [4.78, 5) is 41.0. The standard InChI is InChI=1S/C21H40O2.C13H24O2.C5H8O2.C3H4O2/c1-3-5-6-7-8-9-10-11-12-13-14-15-16-17-18-19-20-23-21(22)4-2;1-4-13(14)15-11-9-7-5-6-8-10-12(2)3;1-4(2)5(6)7-3;1-2-3(4)5/h4H,2-3,5-20H2,1H3;4,12H,1,5-11H2,2-3H3;1H2,2-3H3;2H,1H2,(H,4,5). The van der Waals surface area contributed by atoms with Crippen LogP contribution in [0.5, 0.6) is 0 Å². The molecule has 0 rings (SSSR count). The molecule has 8 nitrogen and oxygen atoms in total. The van der Waals surface area contributed by atoms with E-state index in [2.05, 4.69) is 51.8 Å². The number of unbranched alkanes of at least 4 members (excludes halogenated alkanes) is 19. The molecule has 0 heterocycles. The van der Waals surface area contributed by atoms with Crippen LogP contribution in [0.25, 0.3) is 0 Å². The lowest BCUT2D eigenvalue weighted by molar-refractivity contribution is -0.138. The lowest BCUT2D eigenvalue weighted by Gasteiger charge is -2.04. The maximum atomic E-state index is 10.8. The van der Waals surface area contributed by atoms with Gasteiger partial charge >= 0.3 is 23.9 Å². The maximum absolute atomic E-state index is 10.8. The van der Waals surface area contributed by atoms with Gasteiger partial charge in [0.1, 0.15) is 0 Å². The summed E-state index contributed by atoms with van der Waals surface area (Å²) < 4.78 is 14.1. The number of carboxylic acids is 1. The number of esters is 3. The minimum Gasteiger partial charge on any atom is -0.478 e. The molecule has 292 valence electrons. The van der Waals surface area contributed by atoms with E-state index in [1.807, 2.05) is 0 Å². The number of carbonyl (C=O) groups excluding carboxylic acids is 3. The topological polar surface area (TPSA) is 116 Å². The first-order valence-electron chi connectivity index (χ1n) is 19.1. The van der Waals surface area contributed by atoms with Gasteiger partial charge in [0.25, 0.3) is 0 Å². The quantitative estimate of drug-likeness (QED) is 0.0353. The van der Waals surface area contributed by atoms with E-state index in [4.69, 9.17) is 14.6 Å². The molecule has 50 heavy (non-hydrogen) atoms. The first-order valence-corrected chi connectivity index (χ1v) is 19.1.